The molecule has 0 heterocycles. The molecule has 1 aromatic carbocycles. The highest BCUT2D eigenvalue weighted by atomic mass is 32.1. The fourth-order valence-corrected chi connectivity index (χ4v) is 1.76. The van der Waals surface area contributed by atoms with Crippen LogP contribution < -0.4 is 11.1 Å². The Morgan fingerprint density at radius 1 is 1.42 bits per heavy atom. The molecule has 1 unspecified atom stereocenters. The van der Waals surface area contributed by atoms with Crippen molar-refractivity contribution in [2.75, 3.05) is 0 Å². The van der Waals surface area contributed by atoms with Crippen LogP contribution in [0.5, 0.6) is 0 Å². The number of carbonyl (C=O) groups is 1. The number of rotatable bonds is 4. The normalized spacial score (nSPS) is 12.8. The Labute approximate surface area is 114 Å². The smallest absolute Gasteiger partial charge is 0.392 e. The van der Waals surface area contributed by atoms with Crippen LogP contribution in [-0.4, -0.2) is 16.9 Å². The maximum absolute atomic E-state index is 12.8. The van der Waals surface area contributed by atoms with Gasteiger partial charge in [0.1, 0.15) is 0 Å². The lowest BCUT2D eigenvalue weighted by Gasteiger charge is -2.17. The summed E-state index contributed by atoms with van der Waals surface area (Å²) < 4.78 is 38.3. The van der Waals surface area contributed by atoms with E-state index >= 15 is 0 Å². The Hall–Kier alpha value is -1.63. The standard InChI is InChI=1S/C12H13F3N2OS/c1-2-9(10(16)19)17-11(18)7-5-3-4-6-8(7)12(13,14)15/h3-6,9H,2H2,1H3,(H2,16,19)(H,17,18). The Morgan fingerprint density at radius 3 is 2.47 bits per heavy atom. The minimum Gasteiger partial charge on any atom is -0.392 e. The topological polar surface area (TPSA) is 55.1 Å². The number of amides is 1. The van der Waals surface area contributed by atoms with E-state index in [0.717, 1.165) is 12.1 Å². The maximum Gasteiger partial charge on any atom is 0.417 e. The third kappa shape index (κ3) is 3.92. The summed E-state index contributed by atoms with van der Waals surface area (Å²) >= 11 is 4.73. The van der Waals surface area contributed by atoms with Crippen LogP contribution in [0.4, 0.5) is 13.2 Å². The molecular formula is C12H13F3N2OS. The first-order valence-electron chi connectivity index (χ1n) is 5.53. The number of hydrogen-bond acceptors (Lipinski definition) is 2. The van der Waals surface area contributed by atoms with Gasteiger partial charge in [-0.2, -0.15) is 13.2 Å². The van der Waals surface area contributed by atoms with Crippen LogP contribution in [0.1, 0.15) is 29.3 Å². The zero-order valence-corrected chi connectivity index (χ0v) is 10.9. The van der Waals surface area contributed by atoms with Crippen molar-refractivity contribution in [3.8, 4) is 0 Å². The lowest BCUT2D eigenvalue weighted by Crippen LogP contribution is -2.43. The maximum atomic E-state index is 12.8. The highest BCUT2D eigenvalue weighted by Crippen LogP contribution is 2.31. The van der Waals surface area contributed by atoms with Gasteiger partial charge in [0.05, 0.1) is 22.2 Å². The Kier molecular flexibility index (Phi) is 4.88. The third-order valence-electron chi connectivity index (χ3n) is 2.53. The number of thiocarbonyl (C=S) groups is 1. The molecule has 0 saturated heterocycles. The zero-order valence-electron chi connectivity index (χ0n) is 10.1. The van der Waals surface area contributed by atoms with Gasteiger partial charge in [-0.3, -0.25) is 4.79 Å². The van der Waals surface area contributed by atoms with E-state index in [1.807, 2.05) is 0 Å². The zero-order chi connectivity index (χ0) is 14.6. The predicted octanol–water partition coefficient (Wildman–Crippen LogP) is 2.50. The van der Waals surface area contributed by atoms with E-state index in [2.05, 4.69) is 5.32 Å². The van der Waals surface area contributed by atoms with Gasteiger partial charge in [0.15, 0.2) is 0 Å². The van der Waals surface area contributed by atoms with Crippen LogP contribution in [0, 0.1) is 0 Å². The molecule has 0 aliphatic heterocycles. The summed E-state index contributed by atoms with van der Waals surface area (Å²) in [6.45, 7) is 1.72. The molecule has 1 aromatic rings. The van der Waals surface area contributed by atoms with Crippen LogP contribution in [0.2, 0.25) is 0 Å². The average molecular weight is 290 g/mol. The minimum atomic E-state index is -4.58. The lowest BCUT2D eigenvalue weighted by atomic mass is 10.1. The van der Waals surface area contributed by atoms with Crippen molar-refractivity contribution >= 4 is 23.1 Å². The molecule has 1 amide bonds. The van der Waals surface area contributed by atoms with Gasteiger partial charge < -0.3 is 11.1 Å². The third-order valence-corrected chi connectivity index (χ3v) is 2.82. The van der Waals surface area contributed by atoms with E-state index in [1.165, 1.54) is 12.1 Å². The van der Waals surface area contributed by atoms with Crippen LogP contribution in [0.15, 0.2) is 24.3 Å². The fourth-order valence-electron chi connectivity index (χ4n) is 1.54. The van der Waals surface area contributed by atoms with Crippen molar-refractivity contribution in [3.05, 3.63) is 35.4 Å². The summed E-state index contributed by atoms with van der Waals surface area (Å²) in [7, 11) is 0. The van der Waals surface area contributed by atoms with Crippen LogP contribution >= 0.6 is 12.2 Å². The Balaban J connectivity index is 3.04. The monoisotopic (exact) mass is 290 g/mol. The van der Waals surface area contributed by atoms with Gasteiger partial charge in [0, 0.05) is 0 Å². The second-order valence-electron chi connectivity index (χ2n) is 3.88. The summed E-state index contributed by atoms with van der Waals surface area (Å²) in [5.41, 5.74) is 3.97. The van der Waals surface area contributed by atoms with Gasteiger partial charge in [0.2, 0.25) is 0 Å². The molecule has 3 nitrogen and oxygen atoms in total. The van der Waals surface area contributed by atoms with Crippen molar-refractivity contribution in [2.24, 2.45) is 5.73 Å². The SMILES string of the molecule is CCC(NC(=O)c1ccccc1C(F)(F)F)C(N)=S. The first kappa shape index (κ1) is 15.4. The van der Waals surface area contributed by atoms with E-state index in [-0.39, 0.29) is 4.99 Å². The second kappa shape index (κ2) is 6.01. The molecule has 7 heteroatoms. The molecule has 1 atom stereocenters. The fraction of sp³-hybridized carbons (Fsp3) is 0.333. The van der Waals surface area contributed by atoms with Crippen molar-refractivity contribution in [2.45, 2.75) is 25.6 Å². The van der Waals surface area contributed by atoms with Gasteiger partial charge in [-0.1, -0.05) is 31.3 Å². The first-order chi connectivity index (χ1) is 8.77. The largest absolute Gasteiger partial charge is 0.417 e. The molecule has 0 bridgehead atoms. The molecule has 104 valence electrons. The summed E-state index contributed by atoms with van der Waals surface area (Å²) in [5, 5.41) is 2.39. The average Bonchev–Trinajstić information content (AvgIpc) is 2.34. The number of alkyl halides is 3. The van der Waals surface area contributed by atoms with Crippen molar-refractivity contribution in [1.29, 1.82) is 0 Å². The van der Waals surface area contributed by atoms with Gasteiger partial charge in [-0.05, 0) is 18.6 Å². The van der Waals surface area contributed by atoms with Crippen LogP contribution in [-0.2, 0) is 6.18 Å². The molecule has 0 aliphatic carbocycles. The highest BCUT2D eigenvalue weighted by molar-refractivity contribution is 7.80. The van der Waals surface area contributed by atoms with Crippen LogP contribution in [0.25, 0.3) is 0 Å². The van der Waals surface area contributed by atoms with Crippen molar-refractivity contribution < 1.29 is 18.0 Å². The quantitative estimate of drug-likeness (QED) is 0.838. The number of hydrogen-bond donors (Lipinski definition) is 2. The number of carbonyl (C=O) groups excluding carboxylic acids is 1. The van der Waals surface area contributed by atoms with Gasteiger partial charge in [0.25, 0.3) is 5.91 Å². The van der Waals surface area contributed by atoms with E-state index in [4.69, 9.17) is 18.0 Å². The van der Waals surface area contributed by atoms with Crippen molar-refractivity contribution in [3.63, 3.8) is 0 Å². The van der Waals surface area contributed by atoms with Gasteiger partial charge in [-0.25, -0.2) is 0 Å². The lowest BCUT2D eigenvalue weighted by molar-refractivity contribution is -0.137. The highest BCUT2D eigenvalue weighted by Gasteiger charge is 2.35. The van der Waals surface area contributed by atoms with E-state index in [9.17, 15) is 18.0 Å². The van der Waals surface area contributed by atoms with Crippen LogP contribution in [0.3, 0.4) is 0 Å². The number of nitrogens with one attached hydrogen (secondary N) is 1. The molecule has 3 N–H and O–H groups in total. The molecular weight excluding hydrogens is 277 g/mol. The van der Waals surface area contributed by atoms with E-state index in [1.54, 1.807) is 6.92 Å². The van der Waals surface area contributed by atoms with E-state index in [0.29, 0.717) is 6.42 Å². The van der Waals surface area contributed by atoms with Crippen molar-refractivity contribution in [1.82, 2.24) is 5.32 Å². The second-order valence-corrected chi connectivity index (χ2v) is 4.35. The molecule has 1 rings (SSSR count). The Morgan fingerprint density at radius 2 is 2.00 bits per heavy atom. The minimum absolute atomic E-state index is 0.0420. The first-order valence-corrected chi connectivity index (χ1v) is 5.94. The number of halogens is 3. The predicted molar refractivity (Wildman–Crippen MR) is 69.8 cm³/mol. The Bertz CT molecular complexity index is 488. The number of benzene rings is 1. The van der Waals surface area contributed by atoms with Gasteiger partial charge >= 0.3 is 6.18 Å². The van der Waals surface area contributed by atoms with Gasteiger partial charge in [-0.15, -0.1) is 0 Å². The van der Waals surface area contributed by atoms with E-state index < -0.39 is 29.3 Å². The molecule has 0 fully saturated rings. The summed E-state index contributed by atoms with van der Waals surface area (Å²) in [4.78, 5) is 11.9. The molecule has 0 aliphatic rings. The molecule has 19 heavy (non-hydrogen) atoms. The molecule has 0 saturated carbocycles. The molecule has 0 spiro atoms. The summed E-state index contributed by atoms with van der Waals surface area (Å²) in [6, 6.07) is 3.95. The molecule has 0 aromatic heterocycles. The summed E-state index contributed by atoms with van der Waals surface area (Å²) in [6.07, 6.45) is -4.17. The molecule has 0 radical (unpaired) electrons. The summed E-state index contributed by atoms with van der Waals surface area (Å²) in [5.74, 6) is -0.840. The number of nitrogens with two attached hydrogens (primary N) is 1.